The summed E-state index contributed by atoms with van der Waals surface area (Å²) in [6.45, 7) is 16.7. The van der Waals surface area contributed by atoms with Gasteiger partial charge in [0.1, 0.15) is 63.7 Å². The molecular formula is C38H52N2O16. The highest BCUT2D eigenvalue weighted by atomic mass is 16.6. The Morgan fingerprint density at radius 1 is 0.375 bits per heavy atom. The van der Waals surface area contributed by atoms with Crippen molar-refractivity contribution >= 4 is 48.0 Å². The molecule has 0 rings (SSSR count). The number of esters is 6. The molecule has 0 bridgehead atoms. The van der Waals surface area contributed by atoms with E-state index in [0.29, 0.717) is 25.7 Å². The summed E-state index contributed by atoms with van der Waals surface area (Å²) in [6.07, 6.45) is 6.30. The highest BCUT2D eigenvalue weighted by Gasteiger charge is 2.39. The van der Waals surface area contributed by atoms with Gasteiger partial charge in [-0.3, -0.25) is 0 Å². The van der Waals surface area contributed by atoms with Crippen molar-refractivity contribution in [2.75, 3.05) is 80.0 Å². The third-order valence-electron chi connectivity index (χ3n) is 7.49. The number of nitrogens with zero attached hydrogens (tertiary/aromatic N) is 2. The average molecular weight is 793 g/mol. The molecular weight excluding hydrogens is 740 g/mol. The first-order valence-electron chi connectivity index (χ1n) is 17.1. The number of rotatable bonds is 29. The molecule has 18 heteroatoms. The van der Waals surface area contributed by atoms with Crippen LogP contribution in [0.3, 0.4) is 0 Å². The Kier molecular flexibility index (Phi) is 24.4. The maximum absolute atomic E-state index is 12.8. The average Bonchev–Trinajstić information content (AvgIpc) is 3.21. The van der Waals surface area contributed by atoms with Crippen LogP contribution in [-0.2, 0) is 66.7 Å². The van der Waals surface area contributed by atoms with Gasteiger partial charge in [0.2, 0.25) is 0 Å². The summed E-state index contributed by atoms with van der Waals surface area (Å²) in [6, 6.07) is 0. The molecule has 0 atom stereocenters. The van der Waals surface area contributed by atoms with E-state index in [0.717, 1.165) is 36.5 Å². The highest BCUT2D eigenvalue weighted by Crippen LogP contribution is 2.23. The molecule has 0 radical (unpaired) electrons. The first-order valence-corrected chi connectivity index (χ1v) is 17.1. The van der Waals surface area contributed by atoms with Gasteiger partial charge in [0, 0.05) is 63.6 Å². The van der Waals surface area contributed by atoms with Crippen LogP contribution in [0.15, 0.2) is 75.9 Å². The minimum atomic E-state index is -1.48. The van der Waals surface area contributed by atoms with Crippen molar-refractivity contribution in [2.24, 2.45) is 10.8 Å². The lowest BCUT2D eigenvalue weighted by Crippen LogP contribution is -2.44. The summed E-state index contributed by atoms with van der Waals surface area (Å²) in [5, 5.41) is 0. The number of hydrogen-bond donors (Lipinski definition) is 0. The number of ether oxygens (including phenoxy) is 8. The standard InChI is InChI=1S/C38H52N2O16/c1-9-29(41)49-21-37(22-50-30(42)10-2,23-51-31(43)11-3)27-55-35(47)39(7)19-17-15-16-18-20-40(8)36(48)56-28-38(24-52-32(44)12-4,25-53-33(45)13-5)26-54-34(46)14-6/h9-14H,1-6,15-28H2,7-8H3. The topological polar surface area (TPSA) is 217 Å². The summed E-state index contributed by atoms with van der Waals surface area (Å²) in [4.78, 5) is 99.0. The van der Waals surface area contributed by atoms with Gasteiger partial charge >= 0.3 is 48.0 Å². The zero-order valence-electron chi connectivity index (χ0n) is 32.0. The van der Waals surface area contributed by atoms with Gasteiger partial charge in [0.05, 0.1) is 0 Å². The predicted molar refractivity (Wildman–Crippen MR) is 198 cm³/mol. The van der Waals surface area contributed by atoms with Gasteiger partial charge in [-0.05, 0) is 12.8 Å². The third kappa shape index (κ3) is 20.9. The van der Waals surface area contributed by atoms with Crippen molar-refractivity contribution in [3.05, 3.63) is 75.9 Å². The summed E-state index contributed by atoms with van der Waals surface area (Å²) in [7, 11) is 2.99. The van der Waals surface area contributed by atoms with Crippen LogP contribution in [0.2, 0.25) is 0 Å². The van der Waals surface area contributed by atoms with E-state index < -0.39 is 112 Å². The van der Waals surface area contributed by atoms with Gasteiger partial charge in [-0.15, -0.1) is 0 Å². The van der Waals surface area contributed by atoms with E-state index in [1.54, 1.807) is 0 Å². The molecule has 0 aliphatic carbocycles. The third-order valence-corrected chi connectivity index (χ3v) is 7.49. The van der Waals surface area contributed by atoms with E-state index in [1.807, 2.05) is 0 Å². The number of unbranched alkanes of at least 4 members (excludes halogenated alkanes) is 3. The number of amides is 2. The summed E-state index contributed by atoms with van der Waals surface area (Å²) < 4.78 is 41.6. The fourth-order valence-corrected chi connectivity index (χ4v) is 4.08. The van der Waals surface area contributed by atoms with Crippen molar-refractivity contribution in [3.8, 4) is 0 Å². The molecule has 0 aliphatic rings. The van der Waals surface area contributed by atoms with Gasteiger partial charge in [-0.2, -0.15) is 0 Å². The number of hydrogen-bond acceptors (Lipinski definition) is 16. The van der Waals surface area contributed by atoms with Crippen LogP contribution in [0.25, 0.3) is 0 Å². The van der Waals surface area contributed by atoms with E-state index >= 15 is 0 Å². The zero-order chi connectivity index (χ0) is 42.6. The normalized spacial score (nSPS) is 10.5. The first-order chi connectivity index (χ1) is 26.5. The monoisotopic (exact) mass is 792 g/mol. The Labute approximate surface area is 326 Å². The Morgan fingerprint density at radius 2 is 0.571 bits per heavy atom. The fraction of sp³-hybridized carbons (Fsp3) is 0.474. The minimum absolute atomic E-state index is 0.275. The molecule has 0 aromatic heterocycles. The van der Waals surface area contributed by atoms with Gasteiger partial charge < -0.3 is 47.7 Å². The molecule has 0 spiro atoms. The molecule has 0 aromatic carbocycles. The van der Waals surface area contributed by atoms with E-state index in [1.165, 1.54) is 23.9 Å². The Bertz CT molecular complexity index is 1210. The summed E-state index contributed by atoms with van der Waals surface area (Å²) >= 11 is 0. The maximum Gasteiger partial charge on any atom is 0.409 e. The lowest BCUT2D eigenvalue weighted by Gasteiger charge is -2.32. The summed E-state index contributed by atoms with van der Waals surface area (Å²) in [5.74, 6) is -4.89. The minimum Gasteiger partial charge on any atom is -0.462 e. The molecule has 18 nitrogen and oxygen atoms in total. The number of carbonyl (C=O) groups excluding carboxylic acids is 8. The number of carbonyl (C=O) groups is 8. The van der Waals surface area contributed by atoms with Crippen molar-refractivity contribution in [2.45, 2.75) is 25.7 Å². The SMILES string of the molecule is C=CC(=O)OCC(COC(=O)C=C)(COC(=O)C=C)COC(=O)N(C)CCCCCCN(C)C(=O)OCC(COC(=O)C=C)(COC(=O)C=C)COC(=O)C=C. The Hall–Kier alpha value is -6.20. The molecule has 0 unspecified atom stereocenters. The van der Waals surface area contributed by atoms with E-state index in [2.05, 4.69) is 39.5 Å². The lowest BCUT2D eigenvalue weighted by atomic mass is 9.92. The largest absolute Gasteiger partial charge is 0.462 e. The van der Waals surface area contributed by atoms with E-state index in [9.17, 15) is 38.4 Å². The second-order valence-corrected chi connectivity index (χ2v) is 12.2. The molecule has 0 saturated heterocycles. The molecule has 0 N–H and O–H groups in total. The van der Waals surface area contributed by atoms with Crippen molar-refractivity contribution < 1.29 is 76.3 Å². The van der Waals surface area contributed by atoms with Crippen LogP contribution >= 0.6 is 0 Å². The first kappa shape index (κ1) is 49.8. The quantitative estimate of drug-likeness (QED) is 0.0460. The molecule has 0 heterocycles. The van der Waals surface area contributed by atoms with Gasteiger partial charge in [-0.1, -0.05) is 52.3 Å². The Morgan fingerprint density at radius 3 is 0.768 bits per heavy atom. The molecule has 310 valence electrons. The van der Waals surface area contributed by atoms with Crippen LogP contribution in [0.1, 0.15) is 25.7 Å². The second kappa shape index (κ2) is 27.4. The molecule has 0 aromatic rings. The smallest absolute Gasteiger partial charge is 0.409 e. The predicted octanol–water partition coefficient (Wildman–Crippen LogP) is 3.03. The molecule has 56 heavy (non-hydrogen) atoms. The van der Waals surface area contributed by atoms with Crippen LogP contribution in [0.4, 0.5) is 9.59 Å². The second-order valence-electron chi connectivity index (χ2n) is 12.2. The van der Waals surface area contributed by atoms with Crippen molar-refractivity contribution in [1.29, 1.82) is 0 Å². The van der Waals surface area contributed by atoms with E-state index in [4.69, 9.17) is 37.9 Å². The van der Waals surface area contributed by atoms with Gasteiger partial charge in [0.15, 0.2) is 0 Å². The van der Waals surface area contributed by atoms with E-state index in [-0.39, 0.29) is 13.1 Å². The lowest BCUT2D eigenvalue weighted by molar-refractivity contribution is -0.161. The zero-order valence-corrected chi connectivity index (χ0v) is 32.0. The van der Waals surface area contributed by atoms with Gasteiger partial charge in [0.25, 0.3) is 0 Å². The Balaban J connectivity index is 5.22. The van der Waals surface area contributed by atoms with Crippen molar-refractivity contribution in [3.63, 3.8) is 0 Å². The molecule has 0 fully saturated rings. The molecule has 0 aliphatic heterocycles. The fourth-order valence-electron chi connectivity index (χ4n) is 4.08. The van der Waals surface area contributed by atoms with Crippen molar-refractivity contribution in [1.82, 2.24) is 9.80 Å². The molecule has 2 amide bonds. The summed E-state index contributed by atoms with van der Waals surface area (Å²) in [5.41, 5.74) is -2.95. The van der Waals surface area contributed by atoms with Crippen LogP contribution in [-0.4, -0.2) is 138 Å². The maximum atomic E-state index is 12.8. The van der Waals surface area contributed by atoms with Crippen LogP contribution in [0, 0.1) is 10.8 Å². The molecule has 0 saturated carbocycles. The van der Waals surface area contributed by atoms with Crippen LogP contribution in [0.5, 0.6) is 0 Å². The van der Waals surface area contributed by atoms with Gasteiger partial charge in [-0.25, -0.2) is 38.4 Å². The highest BCUT2D eigenvalue weighted by molar-refractivity contribution is 5.83. The van der Waals surface area contributed by atoms with Crippen LogP contribution < -0.4 is 0 Å².